The summed E-state index contributed by atoms with van der Waals surface area (Å²) in [6.07, 6.45) is 3.26. The molecular formula is C27H17N9O3S. The molecule has 0 aliphatic heterocycles. The van der Waals surface area contributed by atoms with Crippen LogP contribution in [0.2, 0.25) is 0 Å². The van der Waals surface area contributed by atoms with Crippen molar-refractivity contribution < 1.29 is 9.15 Å². The zero-order chi connectivity index (χ0) is 27.5. The van der Waals surface area contributed by atoms with Gasteiger partial charge in [0.1, 0.15) is 5.75 Å². The van der Waals surface area contributed by atoms with Crippen molar-refractivity contribution in [3.05, 3.63) is 95.0 Å². The summed E-state index contributed by atoms with van der Waals surface area (Å²) < 4.78 is 13.4. The van der Waals surface area contributed by atoms with Gasteiger partial charge in [-0.15, -0.1) is 10.2 Å². The molecule has 0 saturated heterocycles. The van der Waals surface area contributed by atoms with Gasteiger partial charge < -0.3 is 19.0 Å². The molecular weight excluding hydrogens is 530 g/mol. The van der Waals surface area contributed by atoms with Crippen LogP contribution in [0, 0.1) is 11.3 Å². The molecule has 6 rings (SSSR count). The van der Waals surface area contributed by atoms with Crippen LogP contribution in [-0.4, -0.2) is 34.7 Å². The fourth-order valence-corrected chi connectivity index (χ4v) is 4.36. The Balaban J connectivity index is 1.36. The first-order chi connectivity index (χ1) is 19.6. The highest BCUT2D eigenvalue weighted by Crippen LogP contribution is 2.31. The number of anilines is 2. The fourth-order valence-electron chi connectivity index (χ4n) is 3.75. The lowest BCUT2D eigenvalue weighted by Crippen LogP contribution is -2.16. The Bertz CT molecular complexity index is 1930. The Hall–Kier alpha value is -5.61. The van der Waals surface area contributed by atoms with Crippen molar-refractivity contribution in [3.8, 4) is 29.3 Å². The summed E-state index contributed by atoms with van der Waals surface area (Å²) in [4.78, 5) is 29.9. The minimum atomic E-state index is -0.247. The van der Waals surface area contributed by atoms with E-state index in [4.69, 9.17) is 14.4 Å². The van der Waals surface area contributed by atoms with E-state index in [2.05, 4.69) is 41.5 Å². The normalized spacial score (nSPS) is 10.8. The largest absolute Gasteiger partial charge is 0.423 e. The molecule has 2 aromatic carbocycles. The lowest BCUT2D eigenvalue weighted by atomic mass is 10.2. The number of pyridine rings is 2. The quantitative estimate of drug-likeness (QED) is 0.293. The fraction of sp³-hybridized carbons (Fsp3) is 0.0370. The van der Waals surface area contributed by atoms with Gasteiger partial charge in [0.15, 0.2) is 0 Å². The van der Waals surface area contributed by atoms with Gasteiger partial charge in [0.25, 0.3) is 10.8 Å². The molecule has 1 N–H and O–H groups in total. The first-order valence-electron chi connectivity index (χ1n) is 11.8. The number of para-hydroxylation sites is 1. The van der Waals surface area contributed by atoms with E-state index in [1.807, 2.05) is 24.3 Å². The van der Waals surface area contributed by atoms with E-state index < -0.39 is 0 Å². The van der Waals surface area contributed by atoms with E-state index in [-0.39, 0.29) is 27.9 Å². The second-order valence-corrected chi connectivity index (χ2v) is 9.19. The molecule has 40 heavy (non-hydrogen) atoms. The maximum atomic E-state index is 12.6. The minimum absolute atomic E-state index is 0.0547. The van der Waals surface area contributed by atoms with Crippen LogP contribution in [0.15, 0.2) is 98.7 Å². The molecule has 4 heterocycles. The number of rotatable bonds is 7. The van der Waals surface area contributed by atoms with Crippen LogP contribution in [0.3, 0.4) is 0 Å². The van der Waals surface area contributed by atoms with Gasteiger partial charge in [-0.3, -0.25) is 9.78 Å². The van der Waals surface area contributed by atoms with Crippen molar-refractivity contribution >= 4 is 34.3 Å². The number of nitrogens with zero attached hydrogens (tertiary/aromatic N) is 8. The number of nitrogens with one attached hydrogen (secondary N) is 1. The zero-order valence-corrected chi connectivity index (χ0v) is 21.5. The van der Waals surface area contributed by atoms with Gasteiger partial charge in [0.05, 0.1) is 17.1 Å². The van der Waals surface area contributed by atoms with E-state index in [9.17, 15) is 4.79 Å². The Kier molecular flexibility index (Phi) is 6.57. The predicted molar refractivity (Wildman–Crippen MR) is 145 cm³/mol. The van der Waals surface area contributed by atoms with E-state index >= 15 is 0 Å². The predicted octanol–water partition coefficient (Wildman–Crippen LogP) is 4.73. The highest BCUT2D eigenvalue weighted by atomic mass is 32.2. The maximum Gasteiger partial charge on any atom is 0.327 e. The van der Waals surface area contributed by atoms with Crippen molar-refractivity contribution in [1.82, 2.24) is 34.7 Å². The maximum absolute atomic E-state index is 12.6. The highest BCUT2D eigenvalue weighted by molar-refractivity contribution is 7.98. The van der Waals surface area contributed by atoms with Gasteiger partial charge in [-0.05, 0) is 48.5 Å². The minimum Gasteiger partial charge on any atom is -0.423 e. The number of ether oxygens (including phenoxy) is 1. The van der Waals surface area contributed by atoms with Gasteiger partial charge in [0.2, 0.25) is 17.0 Å². The monoisotopic (exact) mass is 547 g/mol. The van der Waals surface area contributed by atoms with Crippen molar-refractivity contribution in [2.75, 3.05) is 5.32 Å². The molecule has 0 radical (unpaired) electrons. The van der Waals surface area contributed by atoms with Gasteiger partial charge in [-0.25, -0.2) is 0 Å². The topological polar surface area (TPSA) is 158 Å². The molecule has 12 nitrogen and oxygen atoms in total. The number of aryl methyl sites for hydroxylation is 1. The molecule has 6 aromatic rings. The number of nitriles is 1. The van der Waals surface area contributed by atoms with Gasteiger partial charge >= 0.3 is 6.01 Å². The molecule has 13 heteroatoms. The lowest BCUT2D eigenvalue weighted by molar-refractivity contribution is 0.436. The van der Waals surface area contributed by atoms with Gasteiger partial charge in [-0.1, -0.05) is 12.1 Å². The summed E-state index contributed by atoms with van der Waals surface area (Å²) in [5, 5.41) is 21.5. The van der Waals surface area contributed by atoms with Crippen LogP contribution in [0.5, 0.6) is 11.8 Å². The van der Waals surface area contributed by atoms with Crippen molar-refractivity contribution in [1.29, 1.82) is 5.26 Å². The van der Waals surface area contributed by atoms with Crippen LogP contribution in [0.4, 0.5) is 11.6 Å². The number of fused-ring (bicyclic) bond motifs is 1. The van der Waals surface area contributed by atoms with Crippen LogP contribution < -0.4 is 15.6 Å². The Labute approximate surface area is 230 Å². The number of benzene rings is 2. The molecule has 194 valence electrons. The van der Waals surface area contributed by atoms with Crippen LogP contribution in [-0.2, 0) is 7.05 Å². The number of hydrogen-bond acceptors (Lipinski definition) is 12. The summed E-state index contributed by atoms with van der Waals surface area (Å²) in [6, 6.07) is 21.1. The highest BCUT2D eigenvalue weighted by Gasteiger charge is 2.17. The third kappa shape index (κ3) is 5.19. The standard InChI is InChI=1S/C27H17N9O3S/c1-36-20-5-3-2-4-19(20)21(14-22(36)37)38-25-31-24(30-18-8-6-16(15-28)7-9-18)32-26(33-25)40-27-35-34-23(39-27)17-10-12-29-13-11-17/h2-14H,1H3,(H,30,31,32,33). The van der Waals surface area contributed by atoms with Crippen LogP contribution in [0.25, 0.3) is 22.4 Å². The zero-order valence-electron chi connectivity index (χ0n) is 20.7. The average Bonchev–Trinajstić information content (AvgIpc) is 3.45. The summed E-state index contributed by atoms with van der Waals surface area (Å²) >= 11 is 1.02. The summed E-state index contributed by atoms with van der Waals surface area (Å²) in [5.41, 5.74) is 2.32. The molecule has 0 aliphatic rings. The lowest BCUT2D eigenvalue weighted by Gasteiger charge is -2.12. The molecule has 0 saturated carbocycles. The van der Waals surface area contributed by atoms with E-state index in [1.54, 1.807) is 55.8 Å². The Morgan fingerprint density at radius 1 is 1.00 bits per heavy atom. The molecule has 0 unspecified atom stereocenters. The first-order valence-corrected chi connectivity index (χ1v) is 12.6. The Morgan fingerprint density at radius 3 is 2.60 bits per heavy atom. The summed E-state index contributed by atoms with van der Waals surface area (Å²) in [5.74, 6) is 0.778. The summed E-state index contributed by atoms with van der Waals surface area (Å²) in [7, 11) is 1.69. The third-order valence-corrected chi connectivity index (χ3v) is 6.40. The third-order valence-electron chi connectivity index (χ3n) is 5.69. The SMILES string of the molecule is Cn1c(=O)cc(Oc2nc(Nc3ccc(C#N)cc3)nc(Sc3nnc(-c4ccncc4)o3)n2)c2ccccc21. The number of aromatic nitrogens is 7. The van der Waals surface area contributed by atoms with Crippen molar-refractivity contribution in [2.45, 2.75) is 10.4 Å². The summed E-state index contributed by atoms with van der Waals surface area (Å²) in [6.45, 7) is 0. The smallest absolute Gasteiger partial charge is 0.327 e. The van der Waals surface area contributed by atoms with E-state index in [1.165, 1.54) is 10.6 Å². The average molecular weight is 548 g/mol. The van der Waals surface area contributed by atoms with Crippen molar-refractivity contribution in [3.63, 3.8) is 0 Å². The Morgan fingerprint density at radius 2 is 1.80 bits per heavy atom. The molecule has 4 aromatic heterocycles. The first kappa shape index (κ1) is 24.7. The molecule has 0 bridgehead atoms. The molecule has 0 spiro atoms. The van der Waals surface area contributed by atoms with Crippen LogP contribution >= 0.6 is 11.8 Å². The second kappa shape index (κ2) is 10.6. The van der Waals surface area contributed by atoms with Gasteiger partial charge in [0, 0.05) is 53.9 Å². The van der Waals surface area contributed by atoms with Crippen LogP contribution in [0.1, 0.15) is 5.56 Å². The van der Waals surface area contributed by atoms with E-state index in [0.717, 1.165) is 17.3 Å². The van der Waals surface area contributed by atoms with Crippen molar-refractivity contribution in [2.24, 2.45) is 7.05 Å². The van der Waals surface area contributed by atoms with Gasteiger partial charge in [-0.2, -0.15) is 20.2 Å². The molecule has 0 atom stereocenters. The number of hydrogen-bond donors (Lipinski definition) is 1. The molecule has 0 aliphatic carbocycles. The molecule has 0 amide bonds. The van der Waals surface area contributed by atoms with E-state index in [0.29, 0.717) is 33.8 Å². The second-order valence-electron chi connectivity index (χ2n) is 8.27. The molecule has 0 fully saturated rings.